The minimum absolute atomic E-state index is 0.289. The normalized spacial score (nSPS) is 26.3. The summed E-state index contributed by atoms with van der Waals surface area (Å²) >= 11 is 0. The molecular weight excluding hydrogens is 364 g/mol. The van der Waals surface area contributed by atoms with Gasteiger partial charge in [0.15, 0.2) is 5.82 Å². The highest BCUT2D eigenvalue weighted by molar-refractivity contribution is 5.76. The number of ether oxygens (including phenoxy) is 1. The van der Waals surface area contributed by atoms with Crippen molar-refractivity contribution in [3.63, 3.8) is 0 Å². The molecule has 2 aliphatic heterocycles. The molecule has 1 amide bonds. The fourth-order valence-electron chi connectivity index (χ4n) is 5.61. The van der Waals surface area contributed by atoms with Gasteiger partial charge in [0.05, 0.1) is 0 Å². The number of carbonyl (C=O) groups is 1. The van der Waals surface area contributed by atoms with Crippen LogP contribution in [0, 0.1) is 11.3 Å². The molecule has 6 nitrogen and oxygen atoms in total. The first kappa shape index (κ1) is 20.7. The average molecular weight is 401 g/mol. The highest BCUT2D eigenvalue weighted by atomic mass is 16.5. The van der Waals surface area contributed by atoms with Crippen molar-refractivity contribution in [2.75, 3.05) is 33.3 Å². The quantitative estimate of drug-likeness (QED) is 0.732. The molecule has 3 aliphatic rings. The number of hydrogen-bond donors (Lipinski definition) is 0. The monoisotopic (exact) mass is 400 g/mol. The smallest absolute Gasteiger partial charge is 0.222 e. The van der Waals surface area contributed by atoms with Crippen molar-refractivity contribution in [2.24, 2.45) is 11.3 Å². The van der Waals surface area contributed by atoms with Crippen LogP contribution in [-0.2, 0) is 22.7 Å². The molecule has 1 spiro atoms. The number of piperidine rings is 1. The number of amides is 1. The lowest BCUT2D eigenvalue weighted by Crippen LogP contribution is -2.47. The lowest BCUT2D eigenvalue weighted by atomic mass is 9.78. The summed E-state index contributed by atoms with van der Waals surface area (Å²) in [5.74, 6) is 1.78. The van der Waals surface area contributed by atoms with Gasteiger partial charge in [-0.25, -0.2) is 9.97 Å². The molecule has 160 valence electrons. The molecule has 3 heterocycles. The van der Waals surface area contributed by atoms with E-state index in [4.69, 9.17) is 4.74 Å². The van der Waals surface area contributed by atoms with Crippen LogP contribution in [0.25, 0.3) is 0 Å². The Bertz CT molecular complexity index is 674. The van der Waals surface area contributed by atoms with Gasteiger partial charge in [-0.1, -0.05) is 19.3 Å². The van der Waals surface area contributed by atoms with Gasteiger partial charge in [-0.3, -0.25) is 9.69 Å². The second-order valence-corrected chi connectivity index (χ2v) is 9.53. The second-order valence-electron chi connectivity index (χ2n) is 9.53. The summed E-state index contributed by atoms with van der Waals surface area (Å²) < 4.78 is 5.09. The summed E-state index contributed by atoms with van der Waals surface area (Å²) in [6.07, 6.45) is 14.7. The van der Waals surface area contributed by atoms with Crippen LogP contribution in [0.4, 0.5) is 0 Å². The Balaban J connectivity index is 1.29. The molecule has 1 aliphatic carbocycles. The maximum absolute atomic E-state index is 12.9. The van der Waals surface area contributed by atoms with Crippen LogP contribution >= 0.6 is 0 Å². The van der Waals surface area contributed by atoms with E-state index in [0.29, 0.717) is 18.4 Å². The van der Waals surface area contributed by atoms with E-state index in [1.54, 1.807) is 7.11 Å². The lowest BCUT2D eigenvalue weighted by Gasteiger charge is -2.41. The molecule has 2 saturated heterocycles. The Labute approximate surface area is 175 Å². The minimum Gasteiger partial charge on any atom is -0.377 e. The number of nitrogens with zero attached hydrogens (tertiary/aromatic N) is 4. The number of rotatable bonds is 6. The maximum atomic E-state index is 12.9. The van der Waals surface area contributed by atoms with Gasteiger partial charge >= 0.3 is 0 Å². The highest BCUT2D eigenvalue weighted by Crippen LogP contribution is 2.40. The minimum atomic E-state index is 0.289. The highest BCUT2D eigenvalue weighted by Gasteiger charge is 2.42. The molecule has 1 atom stereocenters. The van der Waals surface area contributed by atoms with Crippen molar-refractivity contribution in [2.45, 2.75) is 70.9 Å². The van der Waals surface area contributed by atoms with E-state index in [1.165, 1.54) is 44.9 Å². The van der Waals surface area contributed by atoms with Gasteiger partial charge in [-0.15, -0.1) is 0 Å². The van der Waals surface area contributed by atoms with Gasteiger partial charge < -0.3 is 9.64 Å². The van der Waals surface area contributed by atoms with Gasteiger partial charge in [0.25, 0.3) is 0 Å². The number of methoxy groups -OCH3 is 1. The van der Waals surface area contributed by atoms with E-state index in [-0.39, 0.29) is 5.41 Å². The summed E-state index contributed by atoms with van der Waals surface area (Å²) in [7, 11) is 1.66. The number of carbonyl (C=O) groups excluding carboxylic acids is 1. The third kappa shape index (κ3) is 5.34. The van der Waals surface area contributed by atoms with E-state index in [2.05, 4.69) is 19.8 Å². The van der Waals surface area contributed by atoms with Crippen molar-refractivity contribution in [3.05, 3.63) is 23.8 Å². The predicted octanol–water partition coefficient (Wildman–Crippen LogP) is 3.41. The molecule has 3 fully saturated rings. The van der Waals surface area contributed by atoms with Crippen molar-refractivity contribution in [1.82, 2.24) is 19.8 Å². The van der Waals surface area contributed by atoms with Crippen molar-refractivity contribution >= 4 is 5.91 Å². The van der Waals surface area contributed by atoms with Gasteiger partial charge in [-0.05, 0) is 44.6 Å². The largest absolute Gasteiger partial charge is 0.377 e. The lowest BCUT2D eigenvalue weighted by molar-refractivity contribution is -0.135. The summed E-state index contributed by atoms with van der Waals surface area (Å²) in [5.41, 5.74) is 1.44. The molecule has 4 rings (SSSR count). The van der Waals surface area contributed by atoms with Crippen molar-refractivity contribution in [1.29, 1.82) is 0 Å². The summed E-state index contributed by atoms with van der Waals surface area (Å²) in [5, 5.41) is 0. The second kappa shape index (κ2) is 9.52. The van der Waals surface area contributed by atoms with Gasteiger partial charge in [0, 0.05) is 63.1 Å². The van der Waals surface area contributed by atoms with Crippen molar-refractivity contribution < 1.29 is 9.53 Å². The van der Waals surface area contributed by atoms with Gasteiger partial charge in [0.2, 0.25) is 5.91 Å². The van der Waals surface area contributed by atoms with Crippen LogP contribution in [0.15, 0.2) is 12.4 Å². The van der Waals surface area contributed by atoms with Crippen LogP contribution in [0.2, 0.25) is 0 Å². The third-order valence-electron chi connectivity index (χ3n) is 7.16. The zero-order valence-electron chi connectivity index (χ0n) is 17.9. The van der Waals surface area contributed by atoms with E-state index in [0.717, 1.165) is 57.0 Å². The molecule has 1 aromatic rings. The fourth-order valence-corrected chi connectivity index (χ4v) is 5.61. The number of hydrogen-bond acceptors (Lipinski definition) is 5. The van der Waals surface area contributed by atoms with E-state index < -0.39 is 0 Å². The zero-order valence-corrected chi connectivity index (χ0v) is 17.9. The molecule has 1 unspecified atom stereocenters. The topological polar surface area (TPSA) is 58.6 Å². The van der Waals surface area contributed by atoms with Gasteiger partial charge in [0.1, 0.15) is 6.61 Å². The van der Waals surface area contributed by atoms with E-state index in [1.807, 2.05) is 12.4 Å². The first-order chi connectivity index (χ1) is 14.2. The average Bonchev–Trinajstić information content (AvgIpc) is 3.12. The Hall–Kier alpha value is -1.53. The summed E-state index contributed by atoms with van der Waals surface area (Å²) in [6.45, 7) is 5.45. The van der Waals surface area contributed by atoms with Crippen LogP contribution in [-0.4, -0.2) is 59.0 Å². The Morgan fingerprint density at radius 1 is 1.10 bits per heavy atom. The molecule has 1 saturated carbocycles. The SMILES string of the molecule is COCc1ncc(CN2CCC3(CCCN(C(=O)CC4CCCCC4)C3)C2)cn1. The van der Waals surface area contributed by atoms with E-state index >= 15 is 0 Å². The van der Waals surface area contributed by atoms with Crippen LogP contribution < -0.4 is 0 Å². The van der Waals surface area contributed by atoms with Crippen LogP contribution in [0.3, 0.4) is 0 Å². The van der Waals surface area contributed by atoms with E-state index in [9.17, 15) is 4.79 Å². The molecule has 0 radical (unpaired) electrons. The molecule has 0 N–H and O–H groups in total. The summed E-state index contributed by atoms with van der Waals surface area (Å²) in [6, 6.07) is 0. The molecule has 29 heavy (non-hydrogen) atoms. The van der Waals surface area contributed by atoms with Crippen LogP contribution in [0.5, 0.6) is 0 Å². The molecule has 6 heteroatoms. The molecule has 1 aromatic heterocycles. The Morgan fingerprint density at radius 2 is 1.90 bits per heavy atom. The number of likely N-dealkylation sites (tertiary alicyclic amines) is 2. The zero-order chi connectivity index (χ0) is 20.1. The maximum Gasteiger partial charge on any atom is 0.222 e. The first-order valence-corrected chi connectivity index (χ1v) is 11.4. The molecule has 0 aromatic carbocycles. The fraction of sp³-hybridized carbons (Fsp3) is 0.783. The standard InChI is InChI=1S/C23H36N4O2/c1-29-16-21-24-13-20(14-25-21)15-26-11-9-23(17-26)8-5-10-27(18-23)22(28)12-19-6-3-2-4-7-19/h13-14,19H,2-12,15-18H2,1H3. The Morgan fingerprint density at radius 3 is 2.66 bits per heavy atom. The summed E-state index contributed by atoms with van der Waals surface area (Å²) in [4.78, 5) is 26.4. The first-order valence-electron chi connectivity index (χ1n) is 11.4. The van der Waals surface area contributed by atoms with Crippen LogP contribution in [0.1, 0.15) is 69.2 Å². The molecular formula is C23H36N4O2. The Kier molecular flexibility index (Phi) is 6.81. The predicted molar refractivity (Wildman–Crippen MR) is 112 cm³/mol. The third-order valence-corrected chi connectivity index (χ3v) is 7.16. The van der Waals surface area contributed by atoms with Gasteiger partial charge in [-0.2, -0.15) is 0 Å². The van der Waals surface area contributed by atoms with Crippen molar-refractivity contribution in [3.8, 4) is 0 Å². The molecule has 0 bridgehead atoms. The number of aromatic nitrogens is 2.